The smallest absolute Gasteiger partial charge is 0.359 e. The number of carbonyl (C=O) groups excluding carboxylic acids is 1. The molecule has 4 heterocycles. The highest BCUT2D eigenvalue weighted by molar-refractivity contribution is 6.33. The monoisotopic (exact) mass is 516 g/mol. The van der Waals surface area contributed by atoms with Crippen LogP contribution in [0.15, 0.2) is 70.7 Å². The average molecular weight is 517 g/mol. The molecule has 0 radical (unpaired) electrons. The van der Waals surface area contributed by atoms with Crippen molar-refractivity contribution in [3.8, 4) is 5.69 Å². The molecule has 14 heteroatoms. The van der Waals surface area contributed by atoms with E-state index in [0.717, 1.165) is 6.20 Å². The number of halogens is 4. The number of aromatic amines is 1. The summed E-state index contributed by atoms with van der Waals surface area (Å²) in [6.45, 7) is 1.68. The molecule has 10 nitrogen and oxygen atoms in total. The van der Waals surface area contributed by atoms with Gasteiger partial charge >= 0.3 is 6.18 Å². The van der Waals surface area contributed by atoms with E-state index in [1.807, 2.05) is 0 Å². The molecule has 5 rings (SSSR count). The molecule has 0 saturated heterocycles. The molecule has 0 spiro atoms. The van der Waals surface area contributed by atoms with Crippen molar-refractivity contribution in [2.75, 3.05) is 0 Å². The summed E-state index contributed by atoms with van der Waals surface area (Å²) in [4.78, 5) is 28.9. The van der Waals surface area contributed by atoms with Gasteiger partial charge in [-0.05, 0) is 31.2 Å². The molecule has 1 amide bonds. The minimum absolute atomic E-state index is 0.000709. The molecule has 0 bridgehead atoms. The van der Waals surface area contributed by atoms with Gasteiger partial charge in [-0.3, -0.25) is 9.59 Å². The number of hydrogen-bond donors (Lipinski definition) is 3. The lowest BCUT2D eigenvalue weighted by molar-refractivity contribution is -0.143. The second-order valence-corrected chi connectivity index (χ2v) is 8.20. The van der Waals surface area contributed by atoms with E-state index in [9.17, 15) is 22.8 Å². The van der Waals surface area contributed by atoms with Gasteiger partial charge in [-0.25, -0.2) is 4.68 Å². The van der Waals surface area contributed by atoms with Crippen LogP contribution in [0, 0.1) is 0 Å². The maximum absolute atomic E-state index is 14.2. The fourth-order valence-electron chi connectivity index (χ4n) is 3.87. The SMILES string of the molecule is CC1NC(n2nccn2)=C(Cl)C=C1NC(=O)c1cnn(-c2cccc3c(=O)[nH]ccc23)c1C(F)(F)F. The number of hydrogen-bond acceptors (Lipinski definition) is 6. The first kappa shape index (κ1) is 23.4. The summed E-state index contributed by atoms with van der Waals surface area (Å²) in [5.74, 6) is -0.682. The number of benzene rings is 1. The van der Waals surface area contributed by atoms with Gasteiger partial charge in [0, 0.05) is 22.7 Å². The molecule has 3 aromatic heterocycles. The van der Waals surface area contributed by atoms with Gasteiger partial charge in [0.15, 0.2) is 11.5 Å². The fourth-order valence-corrected chi connectivity index (χ4v) is 4.12. The van der Waals surface area contributed by atoms with E-state index in [1.165, 1.54) is 53.7 Å². The molecule has 1 unspecified atom stereocenters. The van der Waals surface area contributed by atoms with Crippen molar-refractivity contribution in [1.29, 1.82) is 0 Å². The number of H-pyrrole nitrogens is 1. The zero-order valence-electron chi connectivity index (χ0n) is 18.3. The number of nitrogens with one attached hydrogen (secondary N) is 3. The van der Waals surface area contributed by atoms with Gasteiger partial charge in [-0.15, -0.1) is 4.80 Å². The van der Waals surface area contributed by atoms with Crippen LogP contribution in [0.4, 0.5) is 13.2 Å². The van der Waals surface area contributed by atoms with Crippen LogP contribution in [-0.4, -0.2) is 41.7 Å². The first-order valence-corrected chi connectivity index (χ1v) is 10.8. The third-order valence-corrected chi connectivity index (χ3v) is 5.80. The van der Waals surface area contributed by atoms with Crippen molar-refractivity contribution in [2.24, 2.45) is 0 Å². The largest absolute Gasteiger partial charge is 0.434 e. The number of nitrogens with zero attached hydrogens (tertiary/aromatic N) is 5. The van der Waals surface area contributed by atoms with E-state index in [2.05, 4.69) is 30.9 Å². The Labute approximate surface area is 205 Å². The maximum atomic E-state index is 14.2. The molecular weight excluding hydrogens is 501 g/mol. The number of amides is 1. The standard InChI is InChI=1S/C22H16ClF3N8O2/c1-11-16(9-15(23)19(31-11)34-28-7-8-29-34)32-21(36)14-10-30-33(18(14)22(24,25)26)17-4-2-3-13-12(17)5-6-27-20(13)35/h2-11,31H,1H3,(H,27,35)(H,32,36). The highest BCUT2D eigenvalue weighted by Crippen LogP contribution is 2.35. The van der Waals surface area contributed by atoms with Crippen LogP contribution in [-0.2, 0) is 6.18 Å². The van der Waals surface area contributed by atoms with Gasteiger partial charge in [0.05, 0.1) is 40.9 Å². The van der Waals surface area contributed by atoms with E-state index < -0.39 is 34.9 Å². The Balaban J connectivity index is 1.55. The minimum atomic E-state index is -4.94. The van der Waals surface area contributed by atoms with Crippen molar-refractivity contribution < 1.29 is 18.0 Å². The Morgan fingerprint density at radius 1 is 1.14 bits per heavy atom. The summed E-state index contributed by atoms with van der Waals surface area (Å²) in [6, 6.07) is 5.24. The molecule has 1 atom stereocenters. The van der Waals surface area contributed by atoms with Crippen LogP contribution in [0.2, 0.25) is 0 Å². The van der Waals surface area contributed by atoms with Gasteiger partial charge in [-0.2, -0.15) is 28.5 Å². The zero-order chi connectivity index (χ0) is 25.6. The van der Waals surface area contributed by atoms with Crippen LogP contribution >= 0.6 is 11.6 Å². The third-order valence-electron chi connectivity index (χ3n) is 5.51. The summed E-state index contributed by atoms with van der Waals surface area (Å²) >= 11 is 6.28. The first-order chi connectivity index (χ1) is 17.1. The molecule has 36 heavy (non-hydrogen) atoms. The lowest BCUT2D eigenvalue weighted by atomic mass is 10.1. The van der Waals surface area contributed by atoms with Crippen molar-refractivity contribution in [2.45, 2.75) is 19.1 Å². The number of pyridine rings is 1. The molecule has 1 aromatic carbocycles. The van der Waals surface area contributed by atoms with Gasteiger partial charge < -0.3 is 15.6 Å². The molecule has 3 N–H and O–H groups in total. The summed E-state index contributed by atoms with van der Waals surface area (Å²) < 4.78 is 43.2. The van der Waals surface area contributed by atoms with Gasteiger partial charge in [0.2, 0.25) is 0 Å². The van der Waals surface area contributed by atoms with Crippen LogP contribution in [0.1, 0.15) is 23.0 Å². The minimum Gasteiger partial charge on any atom is -0.359 e. The van der Waals surface area contributed by atoms with Crippen LogP contribution in [0.25, 0.3) is 22.3 Å². The second kappa shape index (κ2) is 8.68. The van der Waals surface area contributed by atoms with Crippen molar-refractivity contribution in [3.05, 3.63) is 87.5 Å². The van der Waals surface area contributed by atoms with Gasteiger partial charge in [0.25, 0.3) is 11.5 Å². The Morgan fingerprint density at radius 2 is 1.89 bits per heavy atom. The molecule has 184 valence electrons. The summed E-state index contributed by atoms with van der Waals surface area (Å²) in [7, 11) is 0. The first-order valence-electron chi connectivity index (χ1n) is 10.5. The molecule has 0 aliphatic carbocycles. The summed E-state index contributed by atoms with van der Waals surface area (Å²) in [5, 5.41) is 17.9. The summed E-state index contributed by atoms with van der Waals surface area (Å²) in [5.41, 5.74) is -2.21. The van der Waals surface area contributed by atoms with E-state index in [4.69, 9.17) is 11.6 Å². The second-order valence-electron chi connectivity index (χ2n) is 7.80. The highest BCUT2D eigenvalue weighted by atomic mass is 35.5. The lowest BCUT2D eigenvalue weighted by Crippen LogP contribution is -2.40. The topological polar surface area (TPSA) is 123 Å². The van der Waals surface area contributed by atoms with Gasteiger partial charge in [-0.1, -0.05) is 17.7 Å². The molecule has 1 aliphatic heterocycles. The Morgan fingerprint density at radius 3 is 2.61 bits per heavy atom. The number of rotatable bonds is 4. The number of allylic oxidation sites excluding steroid dienone is 2. The van der Waals surface area contributed by atoms with Crippen LogP contribution < -0.4 is 16.2 Å². The predicted octanol–water partition coefficient (Wildman–Crippen LogP) is 2.99. The maximum Gasteiger partial charge on any atom is 0.434 e. The normalized spacial score (nSPS) is 16.1. The van der Waals surface area contributed by atoms with E-state index in [0.29, 0.717) is 10.5 Å². The lowest BCUT2D eigenvalue weighted by Gasteiger charge is -2.25. The number of alkyl halides is 3. The van der Waals surface area contributed by atoms with E-state index in [-0.39, 0.29) is 27.2 Å². The average Bonchev–Trinajstić information content (AvgIpc) is 3.51. The Kier molecular flexibility index (Phi) is 5.63. The number of carbonyl (C=O) groups is 1. The Bertz CT molecular complexity index is 1600. The number of fused-ring (bicyclic) bond motifs is 1. The van der Waals surface area contributed by atoms with Gasteiger partial charge in [0.1, 0.15) is 0 Å². The number of dihydropyridines is 1. The van der Waals surface area contributed by atoms with Crippen molar-refractivity contribution in [1.82, 2.24) is 40.4 Å². The summed E-state index contributed by atoms with van der Waals surface area (Å²) in [6.07, 6.45) is 1.54. The van der Waals surface area contributed by atoms with E-state index >= 15 is 0 Å². The van der Waals surface area contributed by atoms with Crippen molar-refractivity contribution in [3.63, 3.8) is 0 Å². The quantitative estimate of drug-likeness (QED) is 0.383. The molecule has 4 aromatic rings. The van der Waals surface area contributed by atoms with Crippen LogP contribution in [0.5, 0.6) is 0 Å². The fraction of sp³-hybridized carbons (Fsp3) is 0.136. The molecule has 1 aliphatic rings. The predicted molar refractivity (Wildman–Crippen MR) is 124 cm³/mol. The molecular formula is C22H16ClF3N8O2. The van der Waals surface area contributed by atoms with Crippen molar-refractivity contribution >= 4 is 34.1 Å². The zero-order valence-corrected chi connectivity index (χ0v) is 19.1. The van der Waals surface area contributed by atoms with Crippen LogP contribution in [0.3, 0.4) is 0 Å². The molecule has 0 saturated carbocycles. The highest BCUT2D eigenvalue weighted by Gasteiger charge is 2.41. The third kappa shape index (κ3) is 4.02. The number of aromatic nitrogens is 6. The van der Waals surface area contributed by atoms with E-state index in [1.54, 1.807) is 6.92 Å². The Hall–Kier alpha value is -4.39. The molecule has 0 fully saturated rings.